The summed E-state index contributed by atoms with van der Waals surface area (Å²) >= 11 is 0. The minimum absolute atomic E-state index is 0.00422. The standard InChI is InChI=1S/C17H16FNO2/c18-15-11-14(5-2-4-9-20)12-17(13-15)21-10-7-16-6-1-3-8-19-16/h1,3,6,8,11-13,20H,4,7,9-10H2. The van der Waals surface area contributed by atoms with E-state index in [1.165, 1.54) is 12.1 Å². The molecule has 1 aromatic carbocycles. The Kier molecular flexibility index (Phi) is 5.74. The molecule has 0 saturated heterocycles. The first-order valence-corrected chi connectivity index (χ1v) is 6.71. The van der Waals surface area contributed by atoms with Crippen molar-refractivity contribution in [1.29, 1.82) is 0 Å². The zero-order chi connectivity index (χ0) is 14.9. The third-order valence-electron chi connectivity index (χ3n) is 2.69. The van der Waals surface area contributed by atoms with Crippen molar-refractivity contribution >= 4 is 0 Å². The number of ether oxygens (including phenoxy) is 1. The molecule has 2 rings (SSSR count). The van der Waals surface area contributed by atoms with Crippen LogP contribution in [0.15, 0.2) is 42.6 Å². The van der Waals surface area contributed by atoms with E-state index in [4.69, 9.17) is 9.84 Å². The largest absolute Gasteiger partial charge is 0.493 e. The summed E-state index contributed by atoms with van der Waals surface area (Å²) in [5.41, 5.74) is 1.47. The van der Waals surface area contributed by atoms with E-state index < -0.39 is 5.82 Å². The van der Waals surface area contributed by atoms with E-state index in [2.05, 4.69) is 16.8 Å². The molecule has 108 valence electrons. The van der Waals surface area contributed by atoms with Crippen LogP contribution in [0.25, 0.3) is 0 Å². The molecule has 0 aliphatic heterocycles. The van der Waals surface area contributed by atoms with Gasteiger partial charge in [0, 0.05) is 36.4 Å². The van der Waals surface area contributed by atoms with Gasteiger partial charge < -0.3 is 9.84 Å². The first-order chi connectivity index (χ1) is 10.3. The number of aliphatic hydroxyl groups excluding tert-OH is 1. The number of aliphatic hydroxyl groups is 1. The fourth-order valence-electron chi connectivity index (χ4n) is 1.76. The summed E-state index contributed by atoms with van der Waals surface area (Å²) in [4.78, 5) is 4.19. The van der Waals surface area contributed by atoms with E-state index in [1.807, 2.05) is 18.2 Å². The zero-order valence-electron chi connectivity index (χ0n) is 11.6. The average molecular weight is 285 g/mol. The van der Waals surface area contributed by atoms with Crippen LogP contribution < -0.4 is 4.74 Å². The lowest BCUT2D eigenvalue weighted by molar-refractivity contribution is 0.305. The lowest BCUT2D eigenvalue weighted by atomic mass is 10.2. The number of benzene rings is 1. The number of aromatic nitrogens is 1. The van der Waals surface area contributed by atoms with Crippen molar-refractivity contribution < 1.29 is 14.2 Å². The quantitative estimate of drug-likeness (QED) is 0.859. The number of halogens is 1. The summed E-state index contributed by atoms with van der Waals surface area (Å²) in [5, 5.41) is 8.67. The lowest BCUT2D eigenvalue weighted by Crippen LogP contribution is -2.03. The van der Waals surface area contributed by atoms with Crippen molar-refractivity contribution in [3.8, 4) is 17.6 Å². The molecule has 0 radical (unpaired) electrons. The third-order valence-corrected chi connectivity index (χ3v) is 2.69. The molecule has 2 aromatic rings. The molecule has 1 heterocycles. The maximum Gasteiger partial charge on any atom is 0.128 e. The Hall–Kier alpha value is -2.38. The number of rotatable bonds is 5. The molecule has 0 bridgehead atoms. The molecular formula is C17H16FNO2. The second-order valence-corrected chi connectivity index (χ2v) is 4.37. The molecule has 0 spiro atoms. The Morgan fingerprint density at radius 2 is 2.14 bits per heavy atom. The first-order valence-electron chi connectivity index (χ1n) is 6.71. The molecule has 0 atom stereocenters. The molecule has 4 heteroatoms. The van der Waals surface area contributed by atoms with E-state index >= 15 is 0 Å². The van der Waals surface area contributed by atoms with Crippen LogP contribution in [0.1, 0.15) is 17.7 Å². The maximum absolute atomic E-state index is 13.5. The van der Waals surface area contributed by atoms with Gasteiger partial charge >= 0.3 is 0 Å². The molecule has 0 amide bonds. The van der Waals surface area contributed by atoms with E-state index in [9.17, 15) is 4.39 Å². The van der Waals surface area contributed by atoms with Crippen molar-refractivity contribution in [3.63, 3.8) is 0 Å². The van der Waals surface area contributed by atoms with Crippen molar-refractivity contribution in [3.05, 3.63) is 59.7 Å². The van der Waals surface area contributed by atoms with Gasteiger partial charge in [-0.15, -0.1) is 0 Å². The van der Waals surface area contributed by atoms with Crippen LogP contribution in [0.2, 0.25) is 0 Å². The zero-order valence-corrected chi connectivity index (χ0v) is 11.6. The number of hydrogen-bond donors (Lipinski definition) is 1. The van der Waals surface area contributed by atoms with Crippen molar-refractivity contribution in [2.45, 2.75) is 12.8 Å². The molecule has 0 saturated carbocycles. The molecule has 3 nitrogen and oxygen atoms in total. The van der Waals surface area contributed by atoms with Gasteiger partial charge in [-0.1, -0.05) is 17.9 Å². The predicted octanol–water partition coefficient (Wildman–Crippen LogP) is 2.58. The molecule has 0 aliphatic rings. The number of hydrogen-bond acceptors (Lipinski definition) is 3. The van der Waals surface area contributed by atoms with Gasteiger partial charge in [0.05, 0.1) is 13.2 Å². The van der Waals surface area contributed by atoms with Crippen molar-refractivity contribution in [2.75, 3.05) is 13.2 Å². The van der Waals surface area contributed by atoms with Gasteiger partial charge in [0.15, 0.2) is 0 Å². The fraction of sp³-hybridized carbons (Fsp3) is 0.235. The van der Waals surface area contributed by atoms with Gasteiger partial charge in [-0.25, -0.2) is 4.39 Å². The van der Waals surface area contributed by atoms with Gasteiger partial charge in [-0.2, -0.15) is 0 Å². The topological polar surface area (TPSA) is 42.4 Å². The highest BCUT2D eigenvalue weighted by Crippen LogP contribution is 2.16. The van der Waals surface area contributed by atoms with Crippen LogP contribution in [0.4, 0.5) is 4.39 Å². The molecule has 0 unspecified atom stereocenters. The smallest absolute Gasteiger partial charge is 0.128 e. The minimum Gasteiger partial charge on any atom is -0.493 e. The third kappa shape index (κ3) is 5.25. The minimum atomic E-state index is -0.390. The highest BCUT2D eigenvalue weighted by molar-refractivity contribution is 5.40. The van der Waals surface area contributed by atoms with Gasteiger partial charge in [-0.05, 0) is 24.3 Å². The Labute approximate surface area is 123 Å². The monoisotopic (exact) mass is 285 g/mol. The molecule has 0 fully saturated rings. The Balaban J connectivity index is 1.95. The normalized spacial score (nSPS) is 9.81. The number of nitrogens with zero attached hydrogens (tertiary/aromatic N) is 1. The molecular weight excluding hydrogens is 269 g/mol. The maximum atomic E-state index is 13.5. The summed E-state index contributed by atoms with van der Waals surface area (Å²) in [6.45, 7) is 0.416. The average Bonchev–Trinajstić information content (AvgIpc) is 2.48. The van der Waals surface area contributed by atoms with Crippen LogP contribution >= 0.6 is 0 Å². The molecule has 1 N–H and O–H groups in total. The highest BCUT2D eigenvalue weighted by Gasteiger charge is 2.01. The van der Waals surface area contributed by atoms with Crippen LogP contribution in [-0.2, 0) is 6.42 Å². The van der Waals surface area contributed by atoms with Crippen LogP contribution in [-0.4, -0.2) is 23.3 Å². The molecule has 21 heavy (non-hydrogen) atoms. The van der Waals surface area contributed by atoms with E-state index in [1.54, 1.807) is 12.3 Å². The Morgan fingerprint density at radius 3 is 2.90 bits per heavy atom. The van der Waals surface area contributed by atoms with E-state index in [-0.39, 0.29) is 6.61 Å². The van der Waals surface area contributed by atoms with Crippen LogP contribution in [0.3, 0.4) is 0 Å². The Bertz CT molecular complexity index is 632. The van der Waals surface area contributed by atoms with Crippen molar-refractivity contribution in [2.24, 2.45) is 0 Å². The second kappa shape index (κ2) is 8.03. The highest BCUT2D eigenvalue weighted by atomic mass is 19.1. The Morgan fingerprint density at radius 1 is 1.24 bits per heavy atom. The van der Waals surface area contributed by atoms with Crippen molar-refractivity contribution in [1.82, 2.24) is 4.98 Å². The second-order valence-electron chi connectivity index (χ2n) is 4.37. The SMILES string of the molecule is OCCC#Cc1cc(F)cc(OCCc2ccccn2)c1. The van der Waals surface area contributed by atoms with Gasteiger partial charge in [0.25, 0.3) is 0 Å². The van der Waals surface area contributed by atoms with Gasteiger partial charge in [0.2, 0.25) is 0 Å². The molecule has 0 aliphatic carbocycles. The first kappa shape index (κ1) is 15.0. The summed E-state index contributed by atoms with van der Waals surface area (Å²) < 4.78 is 19.0. The lowest BCUT2D eigenvalue weighted by Gasteiger charge is -2.06. The van der Waals surface area contributed by atoms with Gasteiger partial charge in [-0.3, -0.25) is 4.98 Å². The number of pyridine rings is 1. The van der Waals surface area contributed by atoms with Crippen LogP contribution in [0.5, 0.6) is 5.75 Å². The van der Waals surface area contributed by atoms with E-state index in [0.29, 0.717) is 30.8 Å². The predicted molar refractivity (Wildman–Crippen MR) is 78.4 cm³/mol. The van der Waals surface area contributed by atoms with E-state index in [0.717, 1.165) is 5.69 Å². The molecule has 1 aromatic heterocycles. The summed E-state index contributed by atoms with van der Waals surface area (Å²) in [6.07, 6.45) is 2.75. The fourth-order valence-corrected chi connectivity index (χ4v) is 1.76. The summed E-state index contributed by atoms with van der Waals surface area (Å²) in [5.74, 6) is 5.60. The van der Waals surface area contributed by atoms with Gasteiger partial charge in [0.1, 0.15) is 11.6 Å². The summed E-state index contributed by atoms with van der Waals surface area (Å²) in [6, 6.07) is 10.0. The van der Waals surface area contributed by atoms with Crippen LogP contribution in [0, 0.1) is 17.7 Å². The summed E-state index contributed by atoms with van der Waals surface area (Å²) in [7, 11) is 0.